The van der Waals surface area contributed by atoms with Gasteiger partial charge in [0.15, 0.2) is 5.82 Å². The number of hydrogen-bond donors (Lipinski definition) is 1. The van der Waals surface area contributed by atoms with Crippen molar-refractivity contribution in [3.63, 3.8) is 0 Å². The van der Waals surface area contributed by atoms with Gasteiger partial charge in [-0.1, -0.05) is 6.07 Å². The summed E-state index contributed by atoms with van der Waals surface area (Å²) in [5, 5.41) is 7.58. The maximum atomic E-state index is 13.2. The van der Waals surface area contributed by atoms with E-state index in [0.29, 0.717) is 30.0 Å². The Hall–Kier alpha value is -3.26. The first-order chi connectivity index (χ1) is 16.1. The van der Waals surface area contributed by atoms with E-state index in [1.54, 1.807) is 10.9 Å². The zero-order valence-corrected chi connectivity index (χ0v) is 18.8. The van der Waals surface area contributed by atoms with Crippen LogP contribution in [0.25, 0.3) is 5.82 Å². The van der Waals surface area contributed by atoms with E-state index in [2.05, 4.69) is 20.1 Å². The number of carbonyl (C=O) groups is 1. The molecule has 3 aromatic rings. The van der Waals surface area contributed by atoms with E-state index < -0.39 is 0 Å². The Bertz CT molecular complexity index is 1090. The molecular formula is C25H29FN6O. The SMILES string of the molecule is Cc1ccc(-n2nc(C3CCN(C4CCN(c5ccc(F)cc5)C4)CC3)cc2NC=O)nc1. The molecule has 1 aromatic carbocycles. The Kier molecular flexibility index (Phi) is 6.09. The van der Waals surface area contributed by atoms with Crippen LogP contribution in [0.5, 0.6) is 0 Å². The molecule has 0 spiro atoms. The maximum Gasteiger partial charge on any atom is 0.212 e. The van der Waals surface area contributed by atoms with Crippen molar-refractivity contribution in [3.8, 4) is 5.82 Å². The van der Waals surface area contributed by atoms with Crippen LogP contribution in [0, 0.1) is 12.7 Å². The molecule has 0 radical (unpaired) electrons. The first kappa shape index (κ1) is 21.6. The monoisotopic (exact) mass is 448 g/mol. The smallest absolute Gasteiger partial charge is 0.212 e. The zero-order valence-electron chi connectivity index (χ0n) is 18.8. The molecule has 1 atom stereocenters. The summed E-state index contributed by atoms with van der Waals surface area (Å²) >= 11 is 0. The number of rotatable bonds is 6. The molecule has 5 rings (SSSR count). The third-order valence-electron chi connectivity index (χ3n) is 6.87. The summed E-state index contributed by atoms with van der Waals surface area (Å²) in [5.74, 6) is 1.50. The lowest BCUT2D eigenvalue weighted by Crippen LogP contribution is -2.42. The average Bonchev–Trinajstić information content (AvgIpc) is 3.49. The van der Waals surface area contributed by atoms with Crippen LogP contribution in [0.1, 0.15) is 36.4 Å². The second kappa shape index (κ2) is 9.31. The highest BCUT2D eigenvalue weighted by Gasteiger charge is 2.32. The lowest BCUT2D eigenvalue weighted by Gasteiger charge is -2.35. The van der Waals surface area contributed by atoms with Crippen LogP contribution in [0.4, 0.5) is 15.9 Å². The lowest BCUT2D eigenvalue weighted by atomic mass is 9.92. The van der Waals surface area contributed by atoms with Gasteiger partial charge in [-0.2, -0.15) is 9.78 Å². The molecule has 4 heterocycles. The quantitative estimate of drug-likeness (QED) is 0.582. The number of aryl methyl sites for hydroxylation is 1. The average molecular weight is 449 g/mol. The molecule has 0 saturated carbocycles. The van der Waals surface area contributed by atoms with Crippen LogP contribution in [0.3, 0.4) is 0 Å². The largest absolute Gasteiger partial charge is 0.370 e. The highest BCUT2D eigenvalue weighted by atomic mass is 19.1. The Balaban J connectivity index is 1.23. The van der Waals surface area contributed by atoms with E-state index >= 15 is 0 Å². The summed E-state index contributed by atoms with van der Waals surface area (Å²) in [6, 6.07) is 13.2. The van der Waals surface area contributed by atoms with E-state index in [9.17, 15) is 9.18 Å². The summed E-state index contributed by atoms with van der Waals surface area (Å²) in [7, 11) is 0. The number of amides is 1. The normalized spacial score (nSPS) is 19.7. The second-order valence-corrected chi connectivity index (χ2v) is 9.00. The first-order valence-electron chi connectivity index (χ1n) is 11.6. The van der Waals surface area contributed by atoms with Gasteiger partial charge in [0.1, 0.15) is 11.6 Å². The molecule has 1 unspecified atom stereocenters. The number of anilines is 2. The third kappa shape index (κ3) is 4.61. The summed E-state index contributed by atoms with van der Waals surface area (Å²) < 4.78 is 15.0. The molecular weight excluding hydrogens is 419 g/mol. The van der Waals surface area contributed by atoms with Gasteiger partial charge in [0.2, 0.25) is 6.41 Å². The summed E-state index contributed by atoms with van der Waals surface area (Å²) in [6.07, 6.45) is 5.68. The van der Waals surface area contributed by atoms with Gasteiger partial charge in [-0.25, -0.2) is 9.37 Å². The zero-order chi connectivity index (χ0) is 22.8. The molecule has 172 valence electrons. The molecule has 0 aliphatic carbocycles. The number of carbonyl (C=O) groups excluding carboxylic acids is 1. The van der Waals surface area contributed by atoms with Crippen LogP contribution in [-0.2, 0) is 4.79 Å². The number of hydrogen-bond acceptors (Lipinski definition) is 5. The summed E-state index contributed by atoms with van der Waals surface area (Å²) in [6.45, 7) is 6.03. The molecule has 2 aromatic heterocycles. The van der Waals surface area contributed by atoms with Crippen molar-refractivity contribution in [1.82, 2.24) is 19.7 Å². The number of nitrogens with zero attached hydrogens (tertiary/aromatic N) is 5. The van der Waals surface area contributed by atoms with Crippen molar-refractivity contribution in [2.24, 2.45) is 0 Å². The number of benzene rings is 1. The number of aromatic nitrogens is 3. The second-order valence-electron chi connectivity index (χ2n) is 9.00. The van der Waals surface area contributed by atoms with E-state index in [-0.39, 0.29) is 5.82 Å². The van der Waals surface area contributed by atoms with Crippen LogP contribution in [0.2, 0.25) is 0 Å². The van der Waals surface area contributed by atoms with Gasteiger partial charge in [0, 0.05) is 43.0 Å². The van der Waals surface area contributed by atoms with E-state index in [1.165, 1.54) is 12.1 Å². The van der Waals surface area contributed by atoms with Gasteiger partial charge in [-0.3, -0.25) is 9.69 Å². The Labute approximate surface area is 193 Å². The predicted octanol–water partition coefficient (Wildman–Crippen LogP) is 3.74. The van der Waals surface area contributed by atoms with Gasteiger partial charge in [-0.05, 0) is 75.2 Å². The van der Waals surface area contributed by atoms with Crippen LogP contribution in [0.15, 0.2) is 48.7 Å². The van der Waals surface area contributed by atoms with Gasteiger partial charge >= 0.3 is 0 Å². The summed E-state index contributed by atoms with van der Waals surface area (Å²) in [5.41, 5.74) is 3.17. The van der Waals surface area contributed by atoms with Crippen molar-refractivity contribution in [2.75, 3.05) is 36.4 Å². The fraction of sp³-hybridized carbons (Fsp3) is 0.400. The van der Waals surface area contributed by atoms with Crippen molar-refractivity contribution in [3.05, 3.63) is 65.7 Å². The molecule has 33 heavy (non-hydrogen) atoms. The number of likely N-dealkylation sites (tertiary alicyclic amines) is 1. The molecule has 8 heteroatoms. The minimum Gasteiger partial charge on any atom is -0.370 e. The van der Waals surface area contributed by atoms with Gasteiger partial charge in [0.05, 0.1) is 5.69 Å². The number of pyridine rings is 1. The highest BCUT2D eigenvalue weighted by Crippen LogP contribution is 2.32. The van der Waals surface area contributed by atoms with Crippen molar-refractivity contribution < 1.29 is 9.18 Å². The van der Waals surface area contributed by atoms with Gasteiger partial charge < -0.3 is 10.2 Å². The van der Waals surface area contributed by atoms with E-state index in [4.69, 9.17) is 5.10 Å². The number of halogens is 1. The van der Waals surface area contributed by atoms with Crippen LogP contribution < -0.4 is 10.2 Å². The summed E-state index contributed by atoms with van der Waals surface area (Å²) in [4.78, 5) is 20.5. The first-order valence-corrected chi connectivity index (χ1v) is 11.6. The van der Waals surface area contributed by atoms with Crippen molar-refractivity contribution in [1.29, 1.82) is 0 Å². The predicted molar refractivity (Wildman–Crippen MR) is 126 cm³/mol. The Morgan fingerprint density at radius 3 is 2.55 bits per heavy atom. The molecule has 2 aliphatic heterocycles. The van der Waals surface area contributed by atoms with Crippen LogP contribution >= 0.6 is 0 Å². The standard InChI is InChI=1S/C25H29FN6O/c1-18-2-7-24(27-15-18)32-25(28-17-33)14-23(29-32)19-8-11-30(12-9-19)22-10-13-31(16-22)21-5-3-20(26)4-6-21/h2-7,14-15,17,19,22H,8-13,16H2,1H3,(H,28,33). The number of nitrogens with one attached hydrogen (secondary N) is 1. The van der Waals surface area contributed by atoms with Gasteiger partial charge in [0.25, 0.3) is 0 Å². The topological polar surface area (TPSA) is 66.3 Å². The minimum absolute atomic E-state index is 0.191. The molecule has 2 aliphatic rings. The molecule has 1 amide bonds. The third-order valence-corrected chi connectivity index (χ3v) is 6.87. The fourth-order valence-corrected chi connectivity index (χ4v) is 5.01. The number of piperidine rings is 1. The van der Waals surface area contributed by atoms with Crippen molar-refractivity contribution >= 4 is 17.9 Å². The molecule has 2 fully saturated rings. The molecule has 7 nitrogen and oxygen atoms in total. The molecule has 1 N–H and O–H groups in total. The van der Waals surface area contributed by atoms with Gasteiger partial charge in [-0.15, -0.1) is 0 Å². The molecule has 2 saturated heterocycles. The fourth-order valence-electron chi connectivity index (χ4n) is 5.01. The molecule has 0 bridgehead atoms. The Morgan fingerprint density at radius 2 is 1.85 bits per heavy atom. The van der Waals surface area contributed by atoms with Crippen LogP contribution in [-0.4, -0.2) is 58.3 Å². The van der Waals surface area contributed by atoms with E-state index in [1.807, 2.05) is 37.3 Å². The van der Waals surface area contributed by atoms with Crippen molar-refractivity contribution in [2.45, 2.75) is 38.1 Å². The Morgan fingerprint density at radius 1 is 1.06 bits per heavy atom. The van der Waals surface area contributed by atoms with E-state index in [0.717, 1.165) is 62.4 Å². The maximum absolute atomic E-state index is 13.2. The minimum atomic E-state index is -0.191. The highest BCUT2D eigenvalue weighted by molar-refractivity contribution is 5.70. The lowest BCUT2D eigenvalue weighted by molar-refractivity contribution is -0.105.